The summed E-state index contributed by atoms with van der Waals surface area (Å²) in [7, 11) is 3.70. The molecule has 32 heavy (non-hydrogen) atoms. The number of carbonyl (C=O) groups excluding carboxylic acids is 3. The van der Waals surface area contributed by atoms with Crippen LogP contribution in [0, 0.1) is 0 Å². The molecule has 0 bridgehead atoms. The van der Waals surface area contributed by atoms with Crippen LogP contribution < -0.4 is 4.74 Å². The van der Waals surface area contributed by atoms with Gasteiger partial charge < -0.3 is 19.6 Å². The van der Waals surface area contributed by atoms with Gasteiger partial charge in [-0.05, 0) is 50.0 Å². The Morgan fingerprint density at radius 1 is 1.12 bits per heavy atom. The number of nitrogens with zero attached hydrogens (tertiary/aromatic N) is 2. The summed E-state index contributed by atoms with van der Waals surface area (Å²) in [5, 5.41) is 11.5. The molecule has 1 fully saturated rings. The summed E-state index contributed by atoms with van der Waals surface area (Å²) in [6.45, 7) is 2.03. The Morgan fingerprint density at radius 3 is 2.47 bits per heavy atom. The zero-order chi connectivity index (χ0) is 23.6. The van der Waals surface area contributed by atoms with Crippen molar-refractivity contribution in [2.45, 2.75) is 13.0 Å². The Labute approximate surface area is 195 Å². The second kappa shape index (κ2) is 9.73. The van der Waals surface area contributed by atoms with Crippen LogP contribution >= 0.6 is 23.2 Å². The fraction of sp³-hybridized carbons (Fsp3) is 0.261. The van der Waals surface area contributed by atoms with E-state index in [2.05, 4.69) is 0 Å². The second-order valence-corrected chi connectivity index (χ2v) is 8.41. The van der Waals surface area contributed by atoms with Crippen LogP contribution in [0.25, 0.3) is 5.76 Å². The Hall–Kier alpha value is -2.87. The number of esters is 1. The topological polar surface area (TPSA) is 87.1 Å². The standard InChI is InChI=1S/C23H22Cl2N2O5/c1-13(28)32-16-6-4-5-14(11-16)20-19(21(29)15-7-8-17(24)18(25)12-15)22(30)23(31)27(20)10-9-26(2)3/h4-8,11-12,20,29H,9-10H2,1-3H3/b21-19-. The minimum Gasteiger partial charge on any atom is -0.507 e. The first-order chi connectivity index (χ1) is 15.1. The van der Waals surface area contributed by atoms with E-state index >= 15 is 0 Å². The third kappa shape index (κ3) is 4.96. The van der Waals surface area contributed by atoms with Crippen LogP contribution in [0.2, 0.25) is 10.0 Å². The first-order valence-electron chi connectivity index (χ1n) is 9.77. The summed E-state index contributed by atoms with van der Waals surface area (Å²) in [6, 6.07) is 10.1. The van der Waals surface area contributed by atoms with Gasteiger partial charge in [-0.2, -0.15) is 0 Å². The van der Waals surface area contributed by atoms with E-state index in [9.17, 15) is 19.5 Å². The zero-order valence-electron chi connectivity index (χ0n) is 17.8. The minimum atomic E-state index is -0.875. The summed E-state index contributed by atoms with van der Waals surface area (Å²) in [6.07, 6.45) is 0. The molecule has 0 aliphatic carbocycles. The number of benzene rings is 2. The lowest BCUT2D eigenvalue weighted by molar-refractivity contribution is -0.140. The number of Topliss-reactive ketones (excluding diaryl/α,β-unsaturated/α-hetero) is 1. The highest BCUT2D eigenvalue weighted by Gasteiger charge is 2.46. The minimum absolute atomic E-state index is 0.0767. The largest absolute Gasteiger partial charge is 0.507 e. The van der Waals surface area contributed by atoms with Crippen molar-refractivity contribution in [1.82, 2.24) is 9.80 Å². The first-order valence-corrected chi connectivity index (χ1v) is 10.5. The van der Waals surface area contributed by atoms with Gasteiger partial charge in [0, 0.05) is 25.6 Å². The smallest absolute Gasteiger partial charge is 0.308 e. The Morgan fingerprint density at radius 2 is 1.84 bits per heavy atom. The quantitative estimate of drug-likeness (QED) is 0.223. The van der Waals surface area contributed by atoms with E-state index in [-0.39, 0.29) is 34.2 Å². The number of aliphatic hydroxyl groups is 1. The number of aliphatic hydroxyl groups excluding tert-OH is 1. The van der Waals surface area contributed by atoms with E-state index in [0.29, 0.717) is 17.1 Å². The maximum atomic E-state index is 13.0. The molecule has 1 atom stereocenters. The molecule has 1 aliphatic rings. The summed E-state index contributed by atoms with van der Waals surface area (Å²) in [4.78, 5) is 40.6. The van der Waals surface area contributed by atoms with E-state index in [1.165, 1.54) is 30.0 Å². The maximum absolute atomic E-state index is 13.0. The maximum Gasteiger partial charge on any atom is 0.308 e. The average molecular weight is 477 g/mol. The molecule has 2 aromatic rings. The first kappa shape index (κ1) is 23.8. The second-order valence-electron chi connectivity index (χ2n) is 7.59. The Bertz CT molecular complexity index is 1110. The van der Waals surface area contributed by atoms with Crippen molar-refractivity contribution in [2.75, 3.05) is 27.2 Å². The number of rotatable bonds is 6. The highest BCUT2D eigenvalue weighted by Crippen LogP contribution is 2.40. The highest BCUT2D eigenvalue weighted by molar-refractivity contribution is 6.46. The van der Waals surface area contributed by atoms with Crippen molar-refractivity contribution in [3.8, 4) is 5.75 Å². The van der Waals surface area contributed by atoms with E-state index < -0.39 is 23.7 Å². The van der Waals surface area contributed by atoms with Crippen molar-refractivity contribution in [3.05, 3.63) is 69.2 Å². The highest BCUT2D eigenvalue weighted by atomic mass is 35.5. The normalized spacial score (nSPS) is 17.8. The lowest BCUT2D eigenvalue weighted by Gasteiger charge is -2.26. The summed E-state index contributed by atoms with van der Waals surface area (Å²) in [5.41, 5.74) is 0.696. The van der Waals surface area contributed by atoms with Crippen molar-refractivity contribution >= 4 is 46.6 Å². The molecule has 168 valence electrons. The molecule has 7 nitrogen and oxygen atoms in total. The zero-order valence-corrected chi connectivity index (χ0v) is 19.3. The summed E-state index contributed by atoms with van der Waals surface area (Å²) < 4.78 is 5.16. The van der Waals surface area contributed by atoms with Gasteiger partial charge in [0.25, 0.3) is 11.7 Å². The Kier molecular flexibility index (Phi) is 7.23. The van der Waals surface area contributed by atoms with Crippen LogP contribution in [0.15, 0.2) is 48.0 Å². The molecule has 1 unspecified atom stereocenters. The van der Waals surface area contributed by atoms with Crippen molar-refractivity contribution in [2.24, 2.45) is 0 Å². The molecule has 9 heteroatoms. The van der Waals surface area contributed by atoms with Crippen LogP contribution in [-0.4, -0.2) is 59.8 Å². The van der Waals surface area contributed by atoms with Gasteiger partial charge >= 0.3 is 5.97 Å². The lowest BCUT2D eigenvalue weighted by Crippen LogP contribution is -2.35. The summed E-state index contributed by atoms with van der Waals surface area (Å²) in [5.74, 6) is -2.13. The SMILES string of the molecule is CC(=O)Oc1cccc(C2/C(=C(/O)c3ccc(Cl)c(Cl)c3)C(=O)C(=O)N2CCN(C)C)c1. The number of hydrogen-bond donors (Lipinski definition) is 1. The van der Waals surface area contributed by atoms with Crippen LogP contribution in [0.4, 0.5) is 0 Å². The molecule has 2 aromatic carbocycles. The van der Waals surface area contributed by atoms with Gasteiger partial charge in [0.05, 0.1) is 21.7 Å². The molecular weight excluding hydrogens is 455 g/mol. The third-order valence-electron chi connectivity index (χ3n) is 4.96. The number of likely N-dealkylation sites (tertiary alicyclic amines) is 1. The average Bonchev–Trinajstić information content (AvgIpc) is 2.98. The van der Waals surface area contributed by atoms with Crippen molar-refractivity contribution in [1.29, 1.82) is 0 Å². The number of carbonyl (C=O) groups is 3. The van der Waals surface area contributed by atoms with Crippen molar-refractivity contribution in [3.63, 3.8) is 0 Å². The fourth-order valence-electron chi connectivity index (χ4n) is 3.48. The van der Waals surface area contributed by atoms with Crippen LogP contribution in [0.5, 0.6) is 5.75 Å². The molecule has 0 radical (unpaired) electrons. The van der Waals surface area contributed by atoms with E-state index in [1.807, 2.05) is 19.0 Å². The number of halogens is 2. The van der Waals surface area contributed by atoms with Gasteiger partial charge in [0.2, 0.25) is 0 Å². The van der Waals surface area contributed by atoms with Gasteiger partial charge in [-0.1, -0.05) is 35.3 Å². The molecule has 1 saturated heterocycles. The molecule has 1 N–H and O–H groups in total. The van der Waals surface area contributed by atoms with Gasteiger partial charge in [0.1, 0.15) is 11.5 Å². The molecule has 0 spiro atoms. The molecule has 0 aromatic heterocycles. The van der Waals surface area contributed by atoms with E-state index in [1.54, 1.807) is 24.3 Å². The van der Waals surface area contributed by atoms with Crippen LogP contribution in [0.3, 0.4) is 0 Å². The van der Waals surface area contributed by atoms with E-state index in [0.717, 1.165) is 0 Å². The lowest BCUT2D eigenvalue weighted by atomic mass is 9.95. The molecule has 1 amide bonds. The summed E-state index contributed by atoms with van der Waals surface area (Å²) >= 11 is 12.1. The molecule has 1 aliphatic heterocycles. The van der Waals surface area contributed by atoms with Gasteiger partial charge in [-0.25, -0.2) is 0 Å². The van der Waals surface area contributed by atoms with Crippen LogP contribution in [-0.2, 0) is 14.4 Å². The number of ketones is 1. The monoisotopic (exact) mass is 476 g/mol. The van der Waals surface area contributed by atoms with Gasteiger partial charge in [-0.3, -0.25) is 14.4 Å². The molecular formula is C23H22Cl2N2O5. The number of likely N-dealkylation sites (N-methyl/N-ethyl adjacent to an activating group) is 1. The third-order valence-corrected chi connectivity index (χ3v) is 5.70. The fourth-order valence-corrected chi connectivity index (χ4v) is 3.78. The van der Waals surface area contributed by atoms with Gasteiger partial charge in [-0.15, -0.1) is 0 Å². The predicted molar refractivity (Wildman–Crippen MR) is 122 cm³/mol. The molecule has 1 heterocycles. The number of hydrogen-bond acceptors (Lipinski definition) is 6. The number of amides is 1. The Balaban J connectivity index is 2.17. The van der Waals surface area contributed by atoms with Gasteiger partial charge in [0.15, 0.2) is 0 Å². The molecule has 3 rings (SSSR count). The van der Waals surface area contributed by atoms with Crippen molar-refractivity contribution < 1.29 is 24.2 Å². The van der Waals surface area contributed by atoms with E-state index in [4.69, 9.17) is 27.9 Å². The molecule has 0 saturated carbocycles. The van der Waals surface area contributed by atoms with Crippen LogP contribution in [0.1, 0.15) is 24.1 Å². The predicted octanol–water partition coefficient (Wildman–Crippen LogP) is 3.90. The number of ether oxygens (including phenoxy) is 1.